The van der Waals surface area contributed by atoms with Gasteiger partial charge in [-0.05, 0) is 43.2 Å². The molecule has 1 N–H and O–H groups in total. The molecule has 0 unspecified atom stereocenters. The van der Waals surface area contributed by atoms with E-state index in [0.29, 0.717) is 12.1 Å². The Morgan fingerprint density at radius 1 is 0.947 bits per heavy atom. The third-order valence-corrected chi connectivity index (χ3v) is 3.71. The number of hydrogen-bond acceptors (Lipinski definition) is 1. The van der Waals surface area contributed by atoms with Gasteiger partial charge in [-0.3, -0.25) is 0 Å². The summed E-state index contributed by atoms with van der Waals surface area (Å²) in [6.45, 7) is 11.4. The van der Waals surface area contributed by atoms with Crippen LogP contribution in [0.25, 0.3) is 0 Å². The average Bonchev–Trinajstić information content (AvgIpc) is 2.27. The molecule has 0 saturated carbocycles. The Labute approximate surface area is 123 Å². The molecule has 0 heterocycles. The molecule has 1 aromatic carbocycles. The highest BCUT2D eigenvalue weighted by Crippen LogP contribution is 2.24. The van der Waals surface area contributed by atoms with E-state index >= 15 is 0 Å². The first-order valence-electron chi connectivity index (χ1n) is 7.40. The molecule has 0 aromatic heterocycles. The van der Waals surface area contributed by atoms with Gasteiger partial charge >= 0.3 is 0 Å². The normalized spacial score (nSPS) is 13.5. The molecular weight excluding hydrogens is 254 g/mol. The molecule has 2 heteroatoms. The van der Waals surface area contributed by atoms with E-state index in [0.717, 1.165) is 16.9 Å². The molecule has 0 saturated heterocycles. The lowest BCUT2D eigenvalue weighted by atomic mass is 9.94. The Hall–Kier alpha value is -0.530. The summed E-state index contributed by atoms with van der Waals surface area (Å²) in [5.41, 5.74) is 1.20. The lowest BCUT2D eigenvalue weighted by Gasteiger charge is -2.27. The maximum absolute atomic E-state index is 6.27. The third kappa shape index (κ3) is 5.97. The minimum Gasteiger partial charge on any atom is -0.307 e. The fourth-order valence-corrected chi connectivity index (χ4v) is 2.94. The molecule has 0 aliphatic carbocycles. The van der Waals surface area contributed by atoms with E-state index in [2.05, 4.69) is 52.1 Å². The summed E-state index contributed by atoms with van der Waals surface area (Å²) in [5.74, 6) is 1.43. The van der Waals surface area contributed by atoms with E-state index in [-0.39, 0.29) is 0 Å². The number of hydrogen-bond donors (Lipinski definition) is 1. The molecule has 1 rings (SSSR count). The largest absolute Gasteiger partial charge is 0.307 e. The Morgan fingerprint density at radius 3 is 1.95 bits per heavy atom. The van der Waals surface area contributed by atoms with Gasteiger partial charge in [0.15, 0.2) is 0 Å². The van der Waals surface area contributed by atoms with Gasteiger partial charge in [-0.25, -0.2) is 0 Å². The van der Waals surface area contributed by atoms with Crippen LogP contribution in [0.2, 0.25) is 5.02 Å². The Kier molecular flexibility index (Phi) is 6.88. The van der Waals surface area contributed by atoms with Crippen LogP contribution in [-0.4, -0.2) is 6.04 Å². The fourth-order valence-electron chi connectivity index (χ4n) is 2.64. The van der Waals surface area contributed by atoms with E-state index in [1.54, 1.807) is 0 Å². The molecule has 1 nitrogen and oxygen atoms in total. The van der Waals surface area contributed by atoms with Crippen molar-refractivity contribution in [2.75, 3.05) is 0 Å². The molecule has 19 heavy (non-hydrogen) atoms. The zero-order valence-electron chi connectivity index (χ0n) is 12.9. The lowest BCUT2D eigenvalue weighted by molar-refractivity contribution is 0.335. The lowest BCUT2D eigenvalue weighted by Crippen LogP contribution is -2.34. The van der Waals surface area contributed by atoms with Gasteiger partial charge in [-0.15, -0.1) is 0 Å². The second-order valence-corrected chi connectivity index (χ2v) is 6.77. The smallest absolute Gasteiger partial charge is 0.0453 e. The quantitative estimate of drug-likeness (QED) is 0.700. The minimum absolute atomic E-state index is 0.302. The summed E-state index contributed by atoms with van der Waals surface area (Å²) >= 11 is 6.27. The molecule has 108 valence electrons. The van der Waals surface area contributed by atoms with Crippen LogP contribution in [0, 0.1) is 11.8 Å². The van der Waals surface area contributed by atoms with Crippen LogP contribution in [0.4, 0.5) is 0 Å². The van der Waals surface area contributed by atoms with Crippen molar-refractivity contribution in [2.45, 2.75) is 59.5 Å². The second-order valence-electron chi connectivity index (χ2n) is 6.37. The summed E-state index contributed by atoms with van der Waals surface area (Å²) < 4.78 is 0. The van der Waals surface area contributed by atoms with Crippen molar-refractivity contribution in [1.82, 2.24) is 5.32 Å². The van der Waals surface area contributed by atoms with Crippen LogP contribution in [0.5, 0.6) is 0 Å². The number of benzene rings is 1. The molecule has 0 aliphatic heterocycles. The Bertz CT molecular complexity index is 363. The molecular formula is C17H28ClN. The monoisotopic (exact) mass is 281 g/mol. The number of halogens is 1. The first-order chi connectivity index (χ1) is 8.90. The van der Waals surface area contributed by atoms with E-state index in [4.69, 9.17) is 11.6 Å². The van der Waals surface area contributed by atoms with Crippen molar-refractivity contribution in [1.29, 1.82) is 0 Å². The van der Waals surface area contributed by atoms with Gasteiger partial charge in [0.25, 0.3) is 0 Å². The van der Waals surface area contributed by atoms with Crippen LogP contribution < -0.4 is 5.32 Å². The van der Waals surface area contributed by atoms with E-state index < -0.39 is 0 Å². The molecule has 1 atom stereocenters. The van der Waals surface area contributed by atoms with Crippen LogP contribution in [0.3, 0.4) is 0 Å². The Balaban J connectivity index is 2.70. The molecule has 0 aliphatic rings. The predicted molar refractivity (Wildman–Crippen MR) is 85.7 cm³/mol. The highest BCUT2D eigenvalue weighted by molar-refractivity contribution is 6.31. The summed E-state index contributed by atoms with van der Waals surface area (Å²) in [7, 11) is 0. The Morgan fingerprint density at radius 2 is 1.47 bits per heavy atom. The van der Waals surface area contributed by atoms with Crippen LogP contribution >= 0.6 is 11.6 Å². The standard InChI is InChI=1S/C17H28ClN/c1-12(2)10-15(11-13(3)4)19-14(5)16-8-6-7-9-17(16)18/h6-9,12-15,19H,10-11H2,1-5H3/t14-/m0/s1. The summed E-state index contributed by atoms with van der Waals surface area (Å²) in [5, 5.41) is 4.61. The molecule has 0 amide bonds. The van der Waals surface area contributed by atoms with E-state index in [1.807, 2.05) is 12.1 Å². The molecule has 0 fully saturated rings. The number of rotatable bonds is 7. The zero-order valence-corrected chi connectivity index (χ0v) is 13.7. The van der Waals surface area contributed by atoms with E-state index in [9.17, 15) is 0 Å². The van der Waals surface area contributed by atoms with E-state index in [1.165, 1.54) is 18.4 Å². The molecule has 1 aromatic rings. The minimum atomic E-state index is 0.302. The zero-order chi connectivity index (χ0) is 14.4. The third-order valence-electron chi connectivity index (χ3n) is 3.37. The number of nitrogens with one attached hydrogen (secondary N) is 1. The maximum Gasteiger partial charge on any atom is 0.0453 e. The molecule has 0 radical (unpaired) electrons. The first-order valence-corrected chi connectivity index (χ1v) is 7.78. The van der Waals surface area contributed by atoms with Crippen molar-refractivity contribution in [3.05, 3.63) is 34.9 Å². The second kappa shape index (κ2) is 7.91. The van der Waals surface area contributed by atoms with Crippen molar-refractivity contribution in [2.24, 2.45) is 11.8 Å². The molecule has 0 bridgehead atoms. The van der Waals surface area contributed by atoms with Crippen molar-refractivity contribution in [3.63, 3.8) is 0 Å². The van der Waals surface area contributed by atoms with Crippen LogP contribution in [0.1, 0.15) is 59.1 Å². The first kappa shape index (κ1) is 16.5. The van der Waals surface area contributed by atoms with Gasteiger partial charge in [-0.1, -0.05) is 57.5 Å². The summed E-state index contributed by atoms with van der Waals surface area (Å²) in [6.07, 6.45) is 2.43. The highest BCUT2D eigenvalue weighted by atomic mass is 35.5. The van der Waals surface area contributed by atoms with Gasteiger partial charge in [0.1, 0.15) is 0 Å². The SMILES string of the molecule is CC(C)CC(CC(C)C)N[C@@H](C)c1ccccc1Cl. The average molecular weight is 282 g/mol. The summed E-state index contributed by atoms with van der Waals surface area (Å²) in [6, 6.07) is 8.98. The van der Waals surface area contributed by atoms with Gasteiger partial charge in [0.2, 0.25) is 0 Å². The summed E-state index contributed by atoms with van der Waals surface area (Å²) in [4.78, 5) is 0. The van der Waals surface area contributed by atoms with Crippen LogP contribution in [0.15, 0.2) is 24.3 Å². The van der Waals surface area contributed by atoms with Crippen molar-refractivity contribution < 1.29 is 0 Å². The maximum atomic E-state index is 6.27. The van der Waals surface area contributed by atoms with Gasteiger partial charge in [-0.2, -0.15) is 0 Å². The van der Waals surface area contributed by atoms with Gasteiger partial charge in [0.05, 0.1) is 0 Å². The highest BCUT2D eigenvalue weighted by Gasteiger charge is 2.17. The van der Waals surface area contributed by atoms with Crippen molar-refractivity contribution in [3.8, 4) is 0 Å². The topological polar surface area (TPSA) is 12.0 Å². The predicted octanol–water partition coefficient (Wildman–Crippen LogP) is 5.45. The van der Waals surface area contributed by atoms with Gasteiger partial charge in [0, 0.05) is 17.1 Å². The van der Waals surface area contributed by atoms with Crippen LogP contribution in [-0.2, 0) is 0 Å². The fraction of sp³-hybridized carbons (Fsp3) is 0.647. The van der Waals surface area contributed by atoms with Gasteiger partial charge < -0.3 is 5.32 Å². The molecule has 0 spiro atoms. The van der Waals surface area contributed by atoms with Crippen molar-refractivity contribution >= 4 is 11.6 Å².